The highest BCUT2D eigenvalue weighted by atomic mass is 19.1. The zero-order valence-electron chi connectivity index (χ0n) is 10.8. The maximum atomic E-state index is 14.0. The topological polar surface area (TPSA) is 26.0 Å². The molecule has 0 aromatic rings. The van der Waals surface area contributed by atoms with Crippen LogP contribution >= 0.6 is 0 Å². The fourth-order valence-corrected chi connectivity index (χ4v) is 1.88. The third-order valence-corrected chi connectivity index (χ3v) is 2.93. The highest BCUT2D eigenvalue weighted by Gasteiger charge is 2.18. The van der Waals surface area contributed by atoms with Gasteiger partial charge >= 0.3 is 0 Å². The molecule has 0 bridgehead atoms. The van der Waals surface area contributed by atoms with Crippen LogP contribution < -0.4 is 5.73 Å². The average molecular weight is 233 g/mol. The molecule has 0 aromatic carbocycles. The van der Waals surface area contributed by atoms with Crippen molar-refractivity contribution in [2.75, 3.05) is 0 Å². The van der Waals surface area contributed by atoms with Gasteiger partial charge in [0, 0.05) is 0 Å². The van der Waals surface area contributed by atoms with Crippen LogP contribution in [0.15, 0.2) is 58.6 Å². The summed E-state index contributed by atoms with van der Waals surface area (Å²) in [4.78, 5) is 0. The van der Waals surface area contributed by atoms with Gasteiger partial charge in [-0.2, -0.15) is 0 Å². The van der Waals surface area contributed by atoms with E-state index in [1.54, 1.807) is 0 Å². The average Bonchev–Trinajstić information content (AvgIpc) is 2.26. The van der Waals surface area contributed by atoms with E-state index in [2.05, 4.69) is 6.58 Å². The number of nitrogens with two attached hydrogens (primary N) is 1. The van der Waals surface area contributed by atoms with Gasteiger partial charge in [0.1, 0.15) is 5.83 Å². The molecule has 0 saturated carbocycles. The van der Waals surface area contributed by atoms with Gasteiger partial charge in [0.2, 0.25) is 0 Å². The van der Waals surface area contributed by atoms with Crippen LogP contribution in [0.2, 0.25) is 0 Å². The molecule has 92 valence electrons. The number of halogens is 1. The van der Waals surface area contributed by atoms with Gasteiger partial charge in [0.15, 0.2) is 0 Å². The summed E-state index contributed by atoms with van der Waals surface area (Å²) in [6.45, 7) is 9.71. The molecule has 0 aromatic heterocycles. The van der Waals surface area contributed by atoms with Crippen molar-refractivity contribution in [2.24, 2.45) is 5.73 Å². The predicted octanol–water partition coefficient (Wildman–Crippen LogP) is 4.32. The first kappa shape index (κ1) is 13.5. The smallest absolute Gasteiger partial charge is 0.149 e. The van der Waals surface area contributed by atoms with Gasteiger partial charge in [-0.25, -0.2) is 4.39 Å². The van der Waals surface area contributed by atoms with Gasteiger partial charge in [0.05, 0.1) is 5.70 Å². The molecule has 0 spiro atoms. The third-order valence-electron chi connectivity index (χ3n) is 2.93. The van der Waals surface area contributed by atoms with Gasteiger partial charge in [-0.1, -0.05) is 30.4 Å². The lowest BCUT2D eigenvalue weighted by Gasteiger charge is -2.18. The highest BCUT2D eigenvalue weighted by molar-refractivity contribution is 5.49. The van der Waals surface area contributed by atoms with Gasteiger partial charge < -0.3 is 5.73 Å². The first-order valence-electron chi connectivity index (χ1n) is 5.82. The van der Waals surface area contributed by atoms with E-state index < -0.39 is 0 Å². The summed E-state index contributed by atoms with van der Waals surface area (Å²) >= 11 is 0. The van der Waals surface area contributed by atoms with E-state index in [4.69, 9.17) is 5.73 Å². The number of rotatable bonds is 3. The second kappa shape index (κ2) is 5.67. The van der Waals surface area contributed by atoms with E-state index >= 15 is 0 Å². The van der Waals surface area contributed by atoms with Gasteiger partial charge in [-0.05, 0) is 50.3 Å². The molecule has 2 N–H and O–H groups in total. The molecule has 1 aliphatic carbocycles. The zero-order valence-corrected chi connectivity index (χ0v) is 10.8. The molecular formula is C15H20FN. The number of allylic oxidation sites excluding steroid dienone is 8. The summed E-state index contributed by atoms with van der Waals surface area (Å²) in [5.41, 5.74) is 9.33. The first-order chi connectivity index (χ1) is 7.97. The standard InChI is InChI=1S/C15H20FN/c1-5-6-10(2)9-12(4)13-8-7-11(3)15(17)14(13)16/h5-6,9H,4,7-8,17H2,1-3H3/b6-5-,10-9-. The third kappa shape index (κ3) is 3.19. The lowest BCUT2D eigenvalue weighted by Crippen LogP contribution is -2.10. The van der Waals surface area contributed by atoms with Gasteiger partial charge in [-0.3, -0.25) is 0 Å². The second-order valence-corrected chi connectivity index (χ2v) is 4.40. The lowest BCUT2D eigenvalue weighted by atomic mass is 9.91. The van der Waals surface area contributed by atoms with E-state index in [0.717, 1.165) is 17.6 Å². The Labute approximate surface area is 103 Å². The van der Waals surface area contributed by atoms with Crippen LogP contribution in [-0.4, -0.2) is 0 Å². The van der Waals surface area contributed by atoms with Crippen LogP contribution in [0, 0.1) is 0 Å². The van der Waals surface area contributed by atoms with Crippen molar-refractivity contribution in [2.45, 2.75) is 33.6 Å². The Bertz CT molecular complexity index is 448. The van der Waals surface area contributed by atoms with E-state index in [9.17, 15) is 4.39 Å². The molecule has 0 atom stereocenters. The predicted molar refractivity (Wildman–Crippen MR) is 72.0 cm³/mol. The molecule has 1 nitrogen and oxygen atoms in total. The Morgan fingerprint density at radius 3 is 2.65 bits per heavy atom. The molecule has 0 unspecified atom stereocenters. The SMILES string of the molecule is C=C(/C=C(C)\C=C/C)C1=C(F)C(N)=C(C)CC1. The Morgan fingerprint density at radius 2 is 2.06 bits per heavy atom. The Morgan fingerprint density at radius 1 is 1.41 bits per heavy atom. The largest absolute Gasteiger partial charge is 0.396 e. The Balaban J connectivity index is 3.03. The van der Waals surface area contributed by atoms with E-state index in [1.165, 1.54) is 0 Å². The molecule has 2 heteroatoms. The van der Waals surface area contributed by atoms with E-state index in [-0.39, 0.29) is 11.5 Å². The molecule has 17 heavy (non-hydrogen) atoms. The normalized spacial score (nSPS) is 18.2. The Hall–Kier alpha value is -1.57. The molecule has 1 aliphatic rings. The maximum absolute atomic E-state index is 14.0. The molecule has 0 radical (unpaired) electrons. The fourth-order valence-electron chi connectivity index (χ4n) is 1.88. The van der Waals surface area contributed by atoms with Crippen LogP contribution in [0.4, 0.5) is 4.39 Å². The quantitative estimate of drug-likeness (QED) is 0.722. The molecule has 1 rings (SSSR count). The van der Waals surface area contributed by atoms with Crippen LogP contribution in [0.3, 0.4) is 0 Å². The summed E-state index contributed by atoms with van der Waals surface area (Å²) in [7, 11) is 0. The van der Waals surface area contributed by atoms with Crippen molar-refractivity contribution in [1.82, 2.24) is 0 Å². The number of hydrogen-bond donors (Lipinski definition) is 1. The fraction of sp³-hybridized carbons (Fsp3) is 0.333. The minimum absolute atomic E-state index is 0.282. The first-order valence-corrected chi connectivity index (χ1v) is 5.82. The van der Waals surface area contributed by atoms with Crippen LogP contribution in [0.25, 0.3) is 0 Å². The van der Waals surface area contributed by atoms with Crippen molar-refractivity contribution in [3.05, 3.63) is 58.6 Å². The summed E-state index contributed by atoms with van der Waals surface area (Å²) in [6.07, 6.45) is 7.30. The second-order valence-electron chi connectivity index (χ2n) is 4.40. The molecule has 0 aliphatic heterocycles. The van der Waals surface area contributed by atoms with Crippen LogP contribution in [0.1, 0.15) is 33.6 Å². The van der Waals surface area contributed by atoms with Crippen molar-refractivity contribution in [1.29, 1.82) is 0 Å². The lowest BCUT2D eigenvalue weighted by molar-refractivity contribution is 0.613. The van der Waals surface area contributed by atoms with E-state index in [1.807, 2.05) is 39.0 Å². The number of hydrogen-bond acceptors (Lipinski definition) is 1. The maximum Gasteiger partial charge on any atom is 0.149 e. The minimum atomic E-state index is -0.303. The van der Waals surface area contributed by atoms with Gasteiger partial charge in [-0.15, -0.1) is 0 Å². The van der Waals surface area contributed by atoms with Crippen LogP contribution in [0.5, 0.6) is 0 Å². The van der Waals surface area contributed by atoms with Crippen LogP contribution in [-0.2, 0) is 0 Å². The van der Waals surface area contributed by atoms with E-state index in [0.29, 0.717) is 17.6 Å². The molecule has 0 saturated heterocycles. The minimum Gasteiger partial charge on any atom is -0.396 e. The summed E-state index contributed by atoms with van der Waals surface area (Å²) < 4.78 is 14.0. The van der Waals surface area contributed by atoms with Crippen molar-refractivity contribution < 1.29 is 4.39 Å². The summed E-state index contributed by atoms with van der Waals surface area (Å²) in [5.74, 6) is -0.303. The van der Waals surface area contributed by atoms with Crippen molar-refractivity contribution >= 4 is 0 Å². The van der Waals surface area contributed by atoms with Crippen molar-refractivity contribution in [3.8, 4) is 0 Å². The van der Waals surface area contributed by atoms with Crippen molar-refractivity contribution in [3.63, 3.8) is 0 Å². The summed E-state index contributed by atoms with van der Waals surface area (Å²) in [5, 5.41) is 0. The molecule has 0 fully saturated rings. The Kier molecular flexibility index (Phi) is 4.50. The molecule has 0 amide bonds. The molecular weight excluding hydrogens is 213 g/mol. The monoisotopic (exact) mass is 233 g/mol. The van der Waals surface area contributed by atoms with Gasteiger partial charge in [0.25, 0.3) is 0 Å². The summed E-state index contributed by atoms with van der Waals surface area (Å²) in [6, 6.07) is 0. The zero-order chi connectivity index (χ0) is 13.0. The highest BCUT2D eigenvalue weighted by Crippen LogP contribution is 2.32. The molecule has 0 heterocycles.